The van der Waals surface area contributed by atoms with Crippen LogP contribution in [0.5, 0.6) is 0 Å². The number of thiocarbonyl (C=S) groups is 1. The highest BCUT2D eigenvalue weighted by atomic mass is 32.1. The van der Waals surface area contributed by atoms with Gasteiger partial charge in [0.15, 0.2) is 5.82 Å². The van der Waals surface area contributed by atoms with Crippen molar-refractivity contribution in [2.45, 2.75) is 19.8 Å². The second kappa shape index (κ2) is 3.73. The van der Waals surface area contributed by atoms with E-state index in [2.05, 4.69) is 22.2 Å². The van der Waals surface area contributed by atoms with Crippen LogP contribution in [0.25, 0.3) is 0 Å². The summed E-state index contributed by atoms with van der Waals surface area (Å²) in [5, 5.41) is 3.26. The van der Waals surface area contributed by atoms with Crippen molar-refractivity contribution < 1.29 is 0 Å². The zero-order valence-electron chi connectivity index (χ0n) is 8.66. The van der Waals surface area contributed by atoms with E-state index in [-0.39, 0.29) is 4.99 Å². The number of nitrogens with one attached hydrogen (secondary N) is 1. The lowest BCUT2D eigenvalue weighted by Gasteiger charge is -2.12. The smallest absolute Gasteiger partial charge is 0.155 e. The molecule has 80 valence electrons. The van der Waals surface area contributed by atoms with Crippen molar-refractivity contribution in [3.63, 3.8) is 0 Å². The van der Waals surface area contributed by atoms with Crippen LogP contribution in [0.4, 0.5) is 5.82 Å². The van der Waals surface area contributed by atoms with E-state index in [0.717, 1.165) is 6.54 Å². The fourth-order valence-electron chi connectivity index (χ4n) is 1.33. The van der Waals surface area contributed by atoms with Crippen molar-refractivity contribution in [3.8, 4) is 0 Å². The molecule has 4 nitrogen and oxygen atoms in total. The lowest BCUT2D eigenvalue weighted by Crippen LogP contribution is -2.19. The fraction of sp³-hybridized carbons (Fsp3) is 0.500. The summed E-state index contributed by atoms with van der Waals surface area (Å²) in [7, 11) is 0. The molecule has 0 aliphatic heterocycles. The van der Waals surface area contributed by atoms with Crippen LogP contribution in [0, 0.1) is 5.41 Å². The van der Waals surface area contributed by atoms with Crippen molar-refractivity contribution in [1.82, 2.24) is 9.97 Å². The first-order valence-corrected chi connectivity index (χ1v) is 5.36. The molecule has 5 heteroatoms. The molecule has 0 unspecified atom stereocenters. The van der Waals surface area contributed by atoms with E-state index in [1.54, 1.807) is 12.4 Å². The topological polar surface area (TPSA) is 63.8 Å². The Hall–Kier alpha value is -1.23. The molecule has 3 N–H and O–H groups in total. The number of hydrogen-bond acceptors (Lipinski definition) is 4. The standard InChI is InChI=1S/C10H14N4S/c1-10(2-3-10)6-14-9-7(8(11)15)12-4-5-13-9/h4-5H,2-3,6H2,1H3,(H2,11,15)(H,13,14). The average molecular weight is 222 g/mol. The van der Waals surface area contributed by atoms with Crippen LogP contribution in [0.1, 0.15) is 25.5 Å². The molecule has 0 saturated heterocycles. The maximum Gasteiger partial charge on any atom is 0.155 e. The SMILES string of the molecule is CC1(CNc2nccnc2C(N)=S)CC1. The minimum Gasteiger partial charge on any atom is -0.388 e. The molecule has 1 aliphatic carbocycles. The molecule has 15 heavy (non-hydrogen) atoms. The quantitative estimate of drug-likeness (QED) is 0.752. The van der Waals surface area contributed by atoms with Gasteiger partial charge in [0.25, 0.3) is 0 Å². The molecular weight excluding hydrogens is 208 g/mol. The summed E-state index contributed by atoms with van der Waals surface area (Å²) in [5.74, 6) is 0.693. The molecule has 1 heterocycles. The van der Waals surface area contributed by atoms with E-state index in [0.29, 0.717) is 16.9 Å². The van der Waals surface area contributed by atoms with Gasteiger partial charge in [-0.2, -0.15) is 0 Å². The Morgan fingerprint density at radius 1 is 1.53 bits per heavy atom. The number of nitrogens with zero attached hydrogens (tertiary/aromatic N) is 2. The lowest BCUT2D eigenvalue weighted by molar-refractivity contribution is 0.609. The van der Waals surface area contributed by atoms with E-state index in [4.69, 9.17) is 18.0 Å². The Balaban J connectivity index is 2.09. The summed E-state index contributed by atoms with van der Waals surface area (Å²) < 4.78 is 0. The lowest BCUT2D eigenvalue weighted by atomic mass is 10.1. The maximum absolute atomic E-state index is 5.56. The van der Waals surface area contributed by atoms with Gasteiger partial charge in [-0.1, -0.05) is 19.1 Å². The third-order valence-electron chi connectivity index (χ3n) is 2.72. The molecule has 0 radical (unpaired) electrons. The summed E-state index contributed by atoms with van der Waals surface area (Å²) in [6.45, 7) is 3.15. The van der Waals surface area contributed by atoms with Crippen LogP contribution >= 0.6 is 12.2 Å². The van der Waals surface area contributed by atoms with Crippen LogP contribution in [-0.4, -0.2) is 21.5 Å². The van der Waals surface area contributed by atoms with Crippen molar-refractivity contribution >= 4 is 23.0 Å². The summed E-state index contributed by atoms with van der Waals surface area (Å²) >= 11 is 4.91. The molecule has 2 rings (SSSR count). The van der Waals surface area contributed by atoms with Gasteiger partial charge in [0.1, 0.15) is 10.7 Å². The first-order chi connectivity index (χ1) is 7.11. The molecular formula is C10H14N4S. The highest BCUT2D eigenvalue weighted by molar-refractivity contribution is 7.80. The van der Waals surface area contributed by atoms with Crippen LogP contribution in [0.2, 0.25) is 0 Å². The van der Waals surface area contributed by atoms with Crippen molar-refractivity contribution in [3.05, 3.63) is 18.1 Å². The van der Waals surface area contributed by atoms with E-state index < -0.39 is 0 Å². The minimum absolute atomic E-state index is 0.284. The molecule has 0 amide bonds. The fourth-order valence-corrected chi connectivity index (χ4v) is 1.48. The van der Waals surface area contributed by atoms with Gasteiger partial charge in [0, 0.05) is 18.9 Å². The van der Waals surface area contributed by atoms with E-state index >= 15 is 0 Å². The molecule has 1 fully saturated rings. The molecule has 1 aliphatic rings. The van der Waals surface area contributed by atoms with Crippen LogP contribution in [0.15, 0.2) is 12.4 Å². The summed E-state index contributed by atoms with van der Waals surface area (Å²) in [5.41, 5.74) is 6.56. The first kappa shape index (κ1) is 10.3. The second-order valence-electron chi connectivity index (χ2n) is 4.28. The molecule has 0 bridgehead atoms. The van der Waals surface area contributed by atoms with Gasteiger partial charge < -0.3 is 11.1 Å². The number of aromatic nitrogens is 2. The monoisotopic (exact) mass is 222 g/mol. The van der Waals surface area contributed by atoms with Crippen LogP contribution in [0.3, 0.4) is 0 Å². The molecule has 0 atom stereocenters. The normalized spacial score (nSPS) is 17.1. The highest BCUT2D eigenvalue weighted by Crippen LogP contribution is 2.44. The van der Waals surface area contributed by atoms with E-state index in [9.17, 15) is 0 Å². The van der Waals surface area contributed by atoms with E-state index in [1.165, 1.54) is 12.8 Å². The predicted octanol–water partition coefficient (Wildman–Crippen LogP) is 1.32. The van der Waals surface area contributed by atoms with Gasteiger partial charge in [0.05, 0.1) is 0 Å². The molecule has 0 aromatic carbocycles. The largest absolute Gasteiger partial charge is 0.388 e. The van der Waals surface area contributed by atoms with Gasteiger partial charge in [-0.05, 0) is 18.3 Å². The zero-order valence-corrected chi connectivity index (χ0v) is 9.47. The highest BCUT2D eigenvalue weighted by Gasteiger charge is 2.37. The van der Waals surface area contributed by atoms with Crippen molar-refractivity contribution in [2.24, 2.45) is 11.1 Å². The number of hydrogen-bond donors (Lipinski definition) is 2. The Bertz CT molecular complexity index is 387. The third-order valence-corrected chi connectivity index (χ3v) is 2.91. The molecule has 1 saturated carbocycles. The number of nitrogens with two attached hydrogens (primary N) is 1. The third kappa shape index (κ3) is 2.41. The van der Waals surface area contributed by atoms with Gasteiger partial charge in [-0.15, -0.1) is 0 Å². The molecule has 1 aromatic rings. The Kier molecular flexibility index (Phi) is 2.56. The second-order valence-corrected chi connectivity index (χ2v) is 4.72. The molecule has 0 spiro atoms. The van der Waals surface area contributed by atoms with Crippen LogP contribution in [-0.2, 0) is 0 Å². The van der Waals surface area contributed by atoms with Gasteiger partial charge in [-0.25, -0.2) is 9.97 Å². The van der Waals surface area contributed by atoms with Crippen LogP contribution < -0.4 is 11.1 Å². The summed E-state index contributed by atoms with van der Waals surface area (Å²) in [6, 6.07) is 0. The minimum atomic E-state index is 0.284. The molecule has 1 aromatic heterocycles. The predicted molar refractivity (Wildman–Crippen MR) is 63.8 cm³/mol. The van der Waals surface area contributed by atoms with Crippen molar-refractivity contribution in [1.29, 1.82) is 0 Å². The number of anilines is 1. The Labute approximate surface area is 94.3 Å². The first-order valence-electron chi connectivity index (χ1n) is 4.95. The van der Waals surface area contributed by atoms with Gasteiger partial charge >= 0.3 is 0 Å². The van der Waals surface area contributed by atoms with Crippen molar-refractivity contribution in [2.75, 3.05) is 11.9 Å². The van der Waals surface area contributed by atoms with Gasteiger partial charge in [0.2, 0.25) is 0 Å². The maximum atomic E-state index is 5.56. The summed E-state index contributed by atoms with van der Waals surface area (Å²) in [4.78, 5) is 8.58. The number of rotatable bonds is 4. The van der Waals surface area contributed by atoms with Gasteiger partial charge in [-0.3, -0.25) is 0 Å². The Morgan fingerprint density at radius 3 is 2.80 bits per heavy atom. The Morgan fingerprint density at radius 2 is 2.20 bits per heavy atom. The zero-order chi connectivity index (χ0) is 10.9. The average Bonchev–Trinajstić information content (AvgIpc) is 2.95. The summed E-state index contributed by atoms with van der Waals surface area (Å²) in [6.07, 6.45) is 5.77. The van der Waals surface area contributed by atoms with E-state index in [1.807, 2.05) is 0 Å².